The lowest BCUT2D eigenvalue weighted by Gasteiger charge is -2.14. The summed E-state index contributed by atoms with van der Waals surface area (Å²) in [6.07, 6.45) is 0. The molecule has 6 nitrogen and oxygen atoms in total. The van der Waals surface area contributed by atoms with Crippen LogP contribution in [0.2, 0.25) is 0 Å². The molecule has 3 N–H and O–H groups in total. The fourth-order valence-corrected chi connectivity index (χ4v) is 3.17. The molecule has 3 rings (SSSR count). The Morgan fingerprint density at radius 1 is 1.31 bits per heavy atom. The first-order valence-electron chi connectivity index (χ1n) is 8.42. The van der Waals surface area contributed by atoms with Crippen LogP contribution in [0.1, 0.15) is 47.5 Å². The number of benzene rings is 1. The lowest BCUT2D eigenvalue weighted by molar-refractivity contribution is 0.102. The molecule has 0 fully saturated rings. The van der Waals surface area contributed by atoms with E-state index in [9.17, 15) is 4.79 Å². The van der Waals surface area contributed by atoms with Gasteiger partial charge in [0.1, 0.15) is 16.5 Å². The van der Waals surface area contributed by atoms with Crippen molar-refractivity contribution in [2.45, 2.75) is 39.7 Å². The number of thiazole rings is 1. The highest BCUT2D eigenvalue weighted by atomic mass is 32.1. The largest absolute Gasteiger partial charge is 0.325 e. The zero-order chi connectivity index (χ0) is 18.9. The third kappa shape index (κ3) is 3.68. The van der Waals surface area contributed by atoms with Gasteiger partial charge in [-0.1, -0.05) is 39.0 Å². The van der Waals surface area contributed by atoms with Crippen molar-refractivity contribution in [1.29, 1.82) is 0 Å². The van der Waals surface area contributed by atoms with Crippen molar-refractivity contribution < 1.29 is 4.79 Å². The van der Waals surface area contributed by atoms with Gasteiger partial charge in [0.25, 0.3) is 5.91 Å². The number of para-hydroxylation sites is 1. The molecule has 136 valence electrons. The van der Waals surface area contributed by atoms with Crippen molar-refractivity contribution in [1.82, 2.24) is 14.8 Å². The first-order chi connectivity index (χ1) is 12.3. The molecule has 0 saturated heterocycles. The standard InChI is InChI=1S/C19H23N5OS/c1-12-7-5-6-8-14(12)24-16(9-15(23-24)19(2,3)4)22-18(25)13-11-26-17(10-20)21-13/h5-9,11H,10,20H2,1-4H3,(H,22,25). The molecule has 26 heavy (non-hydrogen) atoms. The lowest BCUT2D eigenvalue weighted by Crippen LogP contribution is -2.16. The van der Waals surface area contributed by atoms with E-state index in [1.165, 1.54) is 11.3 Å². The highest BCUT2D eigenvalue weighted by Crippen LogP contribution is 2.27. The SMILES string of the molecule is Cc1ccccc1-n1nc(C(C)(C)C)cc1NC(=O)c1csc(CN)n1. The van der Waals surface area contributed by atoms with Gasteiger partial charge in [0.2, 0.25) is 0 Å². The van der Waals surface area contributed by atoms with Gasteiger partial charge >= 0.3 is 0 Å². The van der Waals surface area contributed by atoms with Crippen LogP contribution in [-0.4, -0.2) is 20.7 Å². The summed E-state index contributed by atoms with van der Waals surface area (Å²) in [5.74, 6) is 0.354. The minimum Gasteiger partial charge on any atom is -0.325 e. The molecule has 2 aromatic heterocycles. The zero-order valence-corrected chi connectivity index (χ0v) is 16.2. The predicted octanol–water partition coefficient (Wildman–Crippen LogP) is 3.65. The maximum Gasteiger partial charge on any atom is 0.276 e. The van der Waals surface area contributed by atoms with Crippen molar-refractivity contribution >= 4 is 23.1 Å². The molecule has 2 heterocycles. The molecular formula is C19H23N5OS. The lowest BCUT2D eigenvalue weighted by atomic mass is 9.92. The number of nitrogens with zero attached hydrogens (tertiary/aromatic N) is 3. The number of rotatable bonds is 4. The number of nitrogens with two attached hydrogens (primary N) is 1. The van der Waals surface area contributed by atoms with Gasteiger partial charge in [-0.3, -0.25) is 4.79 Å². The third-order valence-electron chi connectivity index (χ3n) is 4.02. The normalized spacial score (nSPS) is 11.6. The van der Waals surface area contributed by atoms with Crippen molar-refractivity contribution in [3.63, 3.8) is 0 Å². The first kappa shape index (κ1) is 18.3. The Bertz CT molecular complexity index is 936. The summed E-state index contributed by atoms with van der Waals surface area (Å²) in [5, 5.41) is 10.1. The van der Waals surface area contributed by atoms with E-state index in [1.807, 2.05) is 37.3 Å². The highest BCUT2D eigenvalue weighted by Gasteiger charge is 2.22. The van der Waals surface area contributed by atoms with Crippen LogP contribution in [0.5, 0.6) is 0 Å². The second-order valence-corrected chi connectivity index (χ2v) is 8.09. The Kier molecular flexibility index (Phi) is 4.93. The van der Waals surface area contributed by atoms with E-state index in [2.05, 4.69) is 31.1 Å². The molecule has 0 radical (unpaired) electrons. The molecular weight excluding hydrogens is 346 g/mol. The zero-order valence-electron chi connectivity index (χ0n) is 15.4. The van der Waals surface area contributed by atoms with Crippen molar-refractivity contribution in [3.05, 3.63) is 57.7 Å². The Hall–Kier alpha value is -2.51. The maximum absolute atomic E-state index is 12.6. The minimum absolute atomic E-state index is 0.138. The highest BCUT2D eigenvalue weighted by molar-refractivity contribution is 7.09. The average molecular weight is 369 g/mol. The van der Waals surface area contributed by atoms with E-state index in [0.29, 0.717) is 18.1 Å². The van der Waals surface area contributed by atoms with Crippen molar-refractivity contribution in [2.24, 2.45) is 5.73 Å². The Labute approximate surface area is 157 Å². The number of amides is 1. The second-order valence-electron chi connectivity index (χ2n) is 7.15. The molecule has 0 aliphatic heterocycles. The van der Waals surface area contributed by atoms with E-state index in [4.69, 9.17) is 10.8 Å². The molecule has 1 amide bonds. The molecule has 0 bridgehead atoms. The number of anilines is 1. The number of aryl methyl sites for hydroxylation is 1. The number of nitrogens with one attached hydrogen (secondary N) is 1. The van der Waals surface area contributed by atoms with Gasteiger partial charge < -0.3 is 11.1 Å². The molecule has 0 saturated carbocycles. The summed E-state index contributed by atoms with van der Waals surface area (Å²) >= 11 is 1.38. The van der Waals surface area contributed by atoms with E-state index < -0.39 is 0 Å². The molecule has 7 heteroatoms. The monoisotopic (exact) mass is 369 g/mol. The Morgan fingerprint density at radius 3 is 2.65 bits per heavy atom. The van der Waals surface area contributed by atoms with Crippen LogP contribution in [0.4, 0.5) is 5.82 Å². The topological polar surface area (TPSA) is 85.8 Å². The minimum atomic E-state index is -0.267. The summed E-state index contributed by atoms with van der Waals surface area (Å²) in [7, 11) is 0. The van der Waals surface area contributed by atoms with E-state index in [0.717, 1.165) is 22.0 Å². The van der Waals surface area contributed by atoms with Crippen molar-refractivity contribution in [2.75, 3.05) is 5.32 Å². The molecule has 0 aliphatic carbocycles. The van der Waals surface area contributed by atoms with Crippen LogP contribution in [0.15, 0.2) is 35.7 Å². The first-order valence-corrected chi connectivity index (χ1v) is 9.30. The predicted molar refractivity (Wildman–Crippen MR) is 105 cm³/mol. The summed E-state index contributed by atoms with van der Waals surface area (Å²) in [6.45, 7) is 8.63. The van der Waals surface area contributed by atoms with Crippen LogP contribution >= 0.6 is 11.3 Å². The number of hydrogen-bond donors (Lipinski definition) is 2. The fourth-order valence-electron chi connectivity index (χ4n) is 2.51. The fraction of sp³-hybridized carbons (Fsp3) is 0.316. The summed E-state index contributed by atoms with van der Waals surface area (Å²) in [5.41, 5.74) is 8.72. The van der Waals surface area contributed by atoms with Gasteiger partial charge in [-0.05, 0) is 18.6 Å². The molecule has 0 atom stereocenters. The van der Waals surface area contributed by atoms with Gasteiger partial charge in [-0.2, -0.15) is 5.10 Å². The molecule has 1 aromatic carbocycles. The van der Waals surface area contributed by atoms with Crippen LogP contribution < -0.4 is 11.1 Å². The molecule has 0 spiro atoms. The summed E-state index contributed by atoms with van der Waals surface area (Å²) < 4.78 is 1.78. The van der Waals surface area contributed by atoms with Gasteiger partial charge in [0.15, 0.2) is 0 Å². The molecule has 3 aromatic rings. The summed E-state index contributed by atoms with van der Waals surface area (Å²) in [4.78, 5) is 16.9. The van der Waals surface area contributed by atoms with Crippen molar-refractivity contribution in [3.8, 4) is 5.69 Å². The van der Waals surface area contributed by atoms with E-state index >= 15 is 0 Å². The van der Waals surface area contributed by atoms with Crippen LogP contribution in [0, 0.1) is 6.92 Å². The van der Waals surface area contributed by atoms with Crippen LogP contribution in [0.25, 0.3) is 5.69 Å². The smallest absolute Gasteiger partial charge is 0.276 e. The third-order valence-corrected chi connectivity index (χ3v) is 4.89. The van der Waals surface area contributed by atoms with E-state index in [1.54, 1.807) is 10.1 Å². The van der Waals surface area contributed by atoms with E-state index in [-0.39, 0.29) is 11.3 Å². The van der Waals surface area contributed by atoms with Gasteiger partial charge in [-0.25, -0.2) is 9.67 Å². The molecule has 0 unspecified atom stereocenters. The van der Waals surface area contributed by atoms with Gasteiger partial charge in [0, 0.05) is 23.4 Å². The van der Waals surface area contributed by atoms with Crippen LogP contribution in [-0.2, 0) is 12.0 Å². The second kappa shape index (κ2) is 7.01. The maximum atomic E-state index is 12.6. The average Bonchev–Trinajstić information content (AvgIpc) is 3.22. The Morgan fingerprint density at radius 2 is 2.04 bits per heavy atom. The number of carbonyl (C=O) groups is 1. The Balaban J connectivity index is 2.01. The summed E-state index contributed by atoms with van der Waals surface area (Å²) in [6, 6.07) is 9.86. The number of hydrogen-bond acceptors (Lipinski definition) is 5. The molecule has 0 aliphatic rings. The number of carbonyl (C=O) groups excluding carboxylic acids is 1. The van der Waals surface area contributed by atoms with Crippen LogP contribution in [0.3, 0.4) is 0 Å². The van der Waals surface area contributed by atoms with Gasteiger partial charge in [-0.15, -0.1) is 11.3 Å². The van der Waals surface area contributed by atoms with Gasteiger partial charge in [0.05, 0.1) is 11.4 Å². The number of aromatic nitrogens is 3. The quantitative estimate of drug-likeness (QED) is 0.735.